The third kappa shape index (κ3) is 3.30. The fourth-order valence-electron chi connectivity index (χ4n) is 1.14. The van der Waals surface area contributed by atoms with Crippen molar-refractivity contribution in [3.8, 4) is 0 Å². The Labute approximate surface area is 84.5 Å². The van der Waals surface area contributed by atoms with Crippen molar-refractivity contribution in [2.75, 3.05) is 14.1 Å². The third-order valence-corrected chi connectivity index (χ3v) is 1.80. The normalized spacial score (nSPS) is 13.5. The quantitative estimate of drug-likeness (QED) is 0.285. The summed E-state index contributed by atoms with van der Waals surface area (Å²) in [6.45, 7) is 6.72. The van der Waals surface area contributed by atoms with Gasteiger partial charge < -0.3 is 9.53 Å². The zero-order chi connectivity index (χ0) is 11.4. The average molecular weight is 199 g/mol. The van der Waals surface area contributed by atoms with Crippen LogP contribution in [0.1, 0.15) is 13.8 Å². The van der Waals surface area contributed by atoms with E-state index in [1.54, 1.807) is 32.8 Å². The van der Waals surface area contributed by atoms with Gasteiger partial charge in [-0.1, -0.05) is 6.58 Å². The topological polar surface area (TPSA) is 46.6 Å². The molecule has 0 aromatic rings. The Morgan fingerprint density at radius 3 is 2.29 bits per heavy atom. The number of hydrogen-bond acceptors (Lipinski definition) is 4. The summed E-state index contributed by atoms with van der Waals surface area (Å²) < 4.78 is 5.05. The molecule has 0 radical (unpaired) electrons. The van der Waals surface area contributed by atoms with E-state index in [1.807, 2.05) is 0 Å². The number of hydrogen-bond donors (Lipinski definition) is 0. The van der Waals surface area contributed by atoms with Crippen molar-refractivity contribution in [2.45, 2.75) is 20.1 Å². The first-order valence-electron chi connectivity index (χ1n) is 4.31. The van der Waals surface area contributed by atoms with E-state index in [2.05, 4.69) is 6.58 Å². The van der Waals surface area contributed by atoms with Crippen LogP contribution in [0.2, 0.25) is 0 Å². The van der Waals surface area contributed by atoms with Crippen molar-refractivity contribution in [3.63, 3.8) is 0 Å². The molecule has 0 aliphatic rings. The Kier molecular flexibility index (Phi) is 4.50. The highest BCUT2D eigenvalue weighted by atomic mass is 16.6. The molecule has 0 bridgehead atoms. The minimum absolute atomic E-state index is 0.529. The molecular weight excluding hydrogens is 182 g/mol. The Bertz CT molecular complexity index is 234. The van der Waals surface area contributed by atoms with Crippen LogP contribution < -0.4 is 0 Å². The van der Waals surface area contributed by atoms with Gasteiger partial charge in [-0.15, -0.1) is 0 Å². The minimum Gasteiger partial charge on any atom is -0.442 e. The predicted octanol–water partition coefficient (Wildman–Crippen LogP) is 0.828. The molecular formula is C10H17NO3. The molecule has 0 heterocycles. The van der Waals surface area contributed by atoms with Crippen molar-refractivity contribution < 1.29 is 14.3 Å². The molecule has 0 fully saturated rings. The molecule has 0 N–H and O–H groups in total. The second kappa shape index (κ2) is 4.91. The Balaban J connectivity index is 4.68. The van der Waals surface area contributed by atoms with Gasteiger partial charge >= 0.3 is 5.97 Å². The van der Waals surface area contributed by atoms with Crippen LogP contribution >= 0.6 is 0 Å². The van der Waals surface area contributed by atoms with Gasteiger partial charge in [0.2, 0.25) is 0 Å². The first-order valence-corrected chi connectivity index (χ1v) is 4.31. The van der Waals surface area contributed by atoms with Crippen LogP contribution in [0, 0.1) is 5.41 Å². The first kappa shape index (κ1) is 12.8. The second-order valence-corrected chi connectivity index (χ2v) is 3.90. The maximum Gasteiger partial charge on any atom is 0.331 e. The molecule has 0 aliphatic heterocycles. The molecule has 4 nitrogen and oxygen atoms in total. The van der Waals surface area contributed by atoms with Crippen LogP contribution in [0.4, 0.5) is 0 Å². The van der Waals surface area contributed by atoms with E-state index in [9.17, 15) is 9.59 Å². The van der Waals surface area contributed by atoms with Crippen LogP contribution in [0.5, 0.6) is 0 Å². The van der Waals surface area contributed by atoms with E-state index in [1.165, 1.54) is 0 Å². The summed E-state index contributed by atoms with van der Waals surface area (Å²) in [5, 5.41) is 0. The predicted molar refractivity (Wildman–Crippen MR) is 53.6 cm³/mol. The third-order valence-electron chi connectivity index (χ3n) is 1.80. The van der Waals surface area contributed by atoms with Gasteiger partial charge in [-0.3, -0.25) is 4.90 Å². The lowest BCUT2D eigenvalue weighted by molar-refractivity contribution is -0.163. The fourth-order valence-corrected chi connectivity index (χ4v) is 1.14. The van der Waals surface area contributed by atoms with Gasteiger partial charge in [0, 0.05) is 6.08 Å². The fraction of sp³-hybridized carbons (Fsp3) is 0.600. The number of nitrogens with zero attached hydrogens (tertiary/aromatic N) is 1. The van der Waals surface area contributed by atoms with E-state index in [0.29, 0.717) is 0 Å². The van der Waals surface area contributed by atoms with Crippen LogP contribution in [-0.4, -0.2) is 37.5 Å². The molecule has 80 valence electrons. The van der Waals surface area contributed by atoms with Crippen molar-refractivity contribution in [1.82, 2.24) is 4.90 Å². The first-order chi connectivity index (χ1) is 6.35. The largest absolute Gasteiger partial charge is 0.442 e. The number of esters is 1. The molecule has 0 aromatic carbocycles. The van der Waals surface area contributed by atoms with Crippen molar-refractivity contribution in [2.24, 2.45) is 5.41 Å². The Morgan fingerprint density at radius 1 is 1.50 bits per heavy atom. The highest BCUT2D eigenvalue weighted by molar-refractivity contribution is 5.81. The van der Waals surface area contributed by atoms with Crippen LogP contribution in [0.15, 0.2) is 12.7 Å². The maximum atomic E-state index is 11.0. The molecule has 4 heteroatoms. The number of carbonyl (C=O) groups is 2. The Hall–Kier alpha value is -1.16. The molecule has 1 unspecified atom stereocenters. The van der Waals surface area contributed by atoms with Crippen molar-refractivity contribution >= 4 is 12.3 Å². The molecule has 0 aliphatic carbocycles. The summed E-state index contributed by atoms with van der Waals surface area (Å²) in [6.07, 6.45) is 1.27. The molecule has 0 rings (SSSR count). The highest BCUT2D eigenvalue weighted by Crippen LogP contribution is 2.22. The monoisotopic (exact) mass is 199 g/mol. The van der Waals surface area contributed by atoms with Crippen molar-refractivity contribution in [1.29, 1.82) is 0 Å². The van der Waals surface area contributed by atoms with Gasteiger partial charge in [0.25, 0.3) is 0 Å². The van der Waals surface area contributed by atoms with Gasteiger partial charge in [0.05, 0.1) is 5.41 Å². The van der Waals surface area contributed by atoms with Crippen LogP contribution in [-0.2, 0) is 14.3 Å². The van der Waals surface area contributed by atoms with Gasteiger partial charge in [-0.2, -0.15) is 0 Å². The van der Waals surface area contributed by atoms with E-state index in [0.717, 1.165) is 12.4 Å². The molecule has 1 atom stereocenters. The van der Waals surface area contributed by atoms with Crippen LogP contribution in [0.3, 0.4) is 0 Å². The average Bonchev–Trinajstić information content (AvgIpc) is 2.12. The SMILES string of the molecule is C=CC(=O)OC(N(C)C)C(C)(C)C=O. The van der Waals surface area contributed by atoms with E-state index in [4.69, 9.17) is 4.74 Å². The van der Waals surface area contributed by atoms with Gasteiger partial charge in [0.15, 0.2) is 6.23 Å². The molecule has 0 saturated carbocycles. The second-order valence-electron chi connectivity index (χ2n) is 3.90. The van der Waals surface area contributed by atoms with Crippen molar-refractivity contribution in [3.05, 3.63) is 12.7 Å². The number of carbonyl (C=O) groups excluding carboxylic acids is 2. The summed E-state index contributed by atoms with van der Waals surface area (Å²) in [5.41, 5.74) is -0.734. The number of aldehydes is 1. The zero-order valence-corrected chi connectivity index (χ0v) is 9.11. The highest BCUT2D eigenvalue weighted by Gasteiger charge is 2.33. The summed E-state index contributed by atoms with van der Waals surface area (Å²) in [4.78, 5) is 23.5. The zero-order valence-electron chi connectivity index (χ0n) is 9.11. The Morgan fingerprint density at radius 2 is 2.00 bits per heavy atom. The molecule has 0 spiro atoms. The lowest BCUT2D eigenvalue weighted by Crippen LogP contribution is -2.45. The molecule has 0 saturated heterocycles. The van der Waals surface area contributed by atoms with Gasteiger partial charge in [0.1, 0.15) is 6.29 Å². The summed E-state index contributed by atoms with van der Waals surface area (Å²) in [7, 11) is 3.48. The molecule has 0 amide bonds. The standard InChI is InChI=1S/C10H17NO3/c1-6-8(13)14-9(11(4)5)10(2,3)7-12/h6-7,9H,1H2,2-5H3. The van der Waals surface area contributed by atoms with Gasteiger partial charge in [-0.05, 0) is 27.9 Å². The lowest BCUT2D eigenvalue weighted by Gasteiger charge is -2.33. The van der Waals surface area contributed by atoms with Crippen LogP contribution in [0.25, 0.3) is 0 Å². The molecule has 0 aromatic heterocycles. The number of rotatable bonds is 5. The van der Waals surface area contributed by atoms with Gasteiger partial charge in [-0.25, -0.2) is 4.79 Å². The van der Waals surface area contributed by atoms with E-state index < -0.39 is 17.6 Å². The smallest absolute Gasteiger partial charge is 0.331 e. The van der Waals surface area contributed by atoms with E-state index in [-0.39, 0.29) is 0 Å². The lowest BCUT2D eigenvalue weighted by atomic mass is 9.92. The number of ether oxygens (including phenoxy) is 1. The maximum absolute atomic E-state index is 11.0. The summed E-state index contributed by atoms with van der Waals surface area (Å²) in [6, 6.07) is 0. The summed E-state index contributed by atoms with van der Waals surface area (Å²) in [5.74, 6) is -0.529. The summed E-state index contributed by atoms with van der Waals surface area (Å²) >= 11 is 0. The molecule has 14 heavy (non-hydrogen) atoms. The van der Waals surface area contributed by atoms with E-state index >= 15 is 0 Å². The minimum atomic E-state index is -0.734.